The Bertz CT molecular complexity index is 953. The lowest BCUT2D eigenvalue weighted by atomic mass is 9.77. The molecule has 1 fully saturated rings. The lowest BCUT2D eigenvalue weighted by Crippen LogP contribution is -2.54. The van der Waals surface area contributed by atoms with Crippen molar-refractivity contribution in [2.45, 2.75) is 113 Å². The average Bonchev–Trinajstić information content (AvgIpc) is 3.09. The summed E-state index contributed by atoms with van der Waals surface area (Å²) in [7, 11) is 0. The summed E-state index contributed by atoms with van der Waals surface area (Å²) in [5.74, 6) is 0.785. The van der Waals surface area contributed by atoms with Crippen molar-refractivity contribution in [1.82, 2.24) is 10.2 Å². The standard InChI is InChI=1S/C33H59N3O11/c34-14-2-1-3-21-4-9-23(10-5-21)24-11-6-22(7-12-24)8-13-29(43)35-15-16-36(17-25(39)30(44)32(46)27(41)19-37)18-26(40)31(45)33(47)28(42)20-38/h4-5,9-10,22,24-28,30-33,37-42,44-47H,1-3,6-8,11-20,34H2,(H,35,43)/t22?,24?,25-,26-,27+,28+,30+,31+,32+,33+/m0/s1. The zero-order valence-corrected chi connectivity index (χ0v) is 27.3. The van der Waals surface area contributed by atoms with Crippen LogP contribution < -0.4 is 11.1 Å². The fourth-order valence-corrected chi connectivity index (χ4v) is 6.12. The molecule has 47 heavy (non-hydrogen) atoms. The number of hydrogen-bond donors (Lipinski definition) is 12. The first-order valence-electron chi connectivity index (χ1n) is 16.9. The van der Waals surface area contributed by atoms with E-state index in [1.54, 1.807) is 0 Å². The number of unbranched alkanes of at least 4 members (excludes halogenated alkanes) is 1. The molecule has 1 saturated carbocycles. The molecule has 1 amide bonds. The van der Waals surface area contributed by atoms with Crippen molar-refractivity contribution in [3.8, 4) is 0 Å². The monoisotopic (exact) mass is 673 g/mol. The van der Waals surface area contributed by atoms with Crippen LogP contribution in [0.25, 0.3) is 0 Å². The van der Waals surface area contributed by atoms with Crippen molar-refractivity contribution in [2.24, 2.45) is 11.7 Å². The quantitative estimate of drug-likeness (QED) is 0.0529. The Morgan fingerprint density at radius 2 is 1.28 bits per heavy atom. The van der Waals surface area contributed by atoms with Gasteiger partial charge in [-0.2, -0.15) is 0 Å². The number of aryl methyl sites for hydroxylation is 1. The van der Waals surface area contributed by atoms with Gasteiger partial charge in [0.2, 0.25) is 5.91 Å². The van der Waals surface area contributed by atoms with E-state index >= 15 is 0 Å². The molecule has 0 aromatic heterocycles. The number of carbonyl (C=O) groups is 1. The van der Waals surface area contributed by atoms with Gasteiger partial charge >= 0.3 is 0 Å². The van der Waals surface area contributed by atoms with Crippen LogP contribution in [0.15, 0.2) is 24.3 Å². The molecule has 13 N–H and O–H groups in total. The Morgan fingerprint density at radius 1 is 0.766 bits per heavy atom. The summed E-state index contributed by atoms with van der Waals surface area (Å²) in [6.45, 7) is -1.69. The van der Waals surface area contributed by atoms with Crippen molar-refractivity contribution in [2.75, 3.05) is 45.9 Å². The molecule has 0 bridgehead atoms. The van der Waals surface area contributed by atoms with Crippen LogP contribution in [0.1, 0.15) is 68.4 Å². The van der Waals surface area contributed by atoms with Crippen LogP contribution in [0.5, 0.6) is 0 Å². The van der Waals surface area contributed by atoms with Crippen molar-refractivity contribution in [3.05, 3.63) is 35.4 Å². The van der Waals surface area contributed by atoms with Crippen LogP contribution in [-0.2, 0) is 11.2 Å². The number of nitrogens with zero attached hydrogens (tertiary/aromatic N) is 1. The second kappa shape index (κ2) is 22.0. The Balaban J connectivity index is 1.83. The number of nitrogens with one attached hydrogen (secondary N) is 1. The van der Waals surface area contributed by atoms with Crippen LogP contribution in [0.4, 0.5) is 0 Å². The molecule has 1 aliphatic rings. The molecule has 0 heterocycles. The third kappa shape index (κ3) is 14.3. The van der Waals surface area contributed by atoms with E-state index in [0.717, 1.165) is 51.4 Å². The molecule has 14 heteroatoms. The zero-order valence-electron chi connectivity index (χ0n) is 27.3. The highest BCUT2D eigenvalue weighted by atomic mass is 16.4. The number of amides is 1. The third-order valence-corrected chi connectivity index (χ3v) is 9.29. The molecular weight excluding hydrogens is 614 g/mol. The first kappa shape index (κ1) is 41.4. The molecule has 0 aliphatic heterocycles. The van der Waals surface area contributed by atoms with Crippen molar-refractivity contribution in [3.63, 3.8) is 0 Å². The molecule has 272 valence electrons. The number of aliphatic hydroxyl groups excluding tert-OH is 10. The van der Waals surface area contributed by atoms with Crippen LogP contribution in [-0.4, -0.2) is 157 Å². The molecule has 2 rings (SSSR count). The molecule has 0 spiro atoms. The van der Waals surface area contributed by atoms with Gasteiger partial charge in [-0.3, -0.25) is 9.69 Å². The van der Waals surface area contributed by atoms with E-state index < -0.39 is 75.1 Å². The molecule has 1 aliphatic carbocycles. The average molecular weight is 674 g/mol. The molecule has 0 saturated heterocycles. The summed E-state index contributed by atoms with van der Waals surface area (Å²) in [6, 6.07) is 8.90. The predicted octanol–water partition coefficient (Wildman–Crippen LogP) is -2.69. The van der Waals surface area contributed by atoms with E-state index in [-0.39, 0.29) is 19.0 Å². The highest BCUT2D eigenvalue weighted by Crippen LogP contribution is 2.37. The van der Waals surface area contributed by atoms with Gasteiger partial charge in [-0.25, -0.2) is 0 Å². The van der Waals surface area contributed by atoms with Crippen LogP contribution in [0.2, 0.25) is 0 Å². The number of aliphatic hydroxyl groups is 10. The fourth-order valence-electron chi connectivity index (χ4n) is 6.12. The number of rotatable bonds is 23. The topological polar surface area (TPSA) is 261 Å². The highest BCUT2D eigenvalue weighted by Gasteiger charge is 2.34. The van der Waals surface area contributed by atoms with E-state index in [0.29, 0.717) is 24.8 Å². The second-order valence-electron chi connectivity index (χ2n) is 13.0. The van der Waals surface area contributed by atoms with Gasteiger partial charge in [0.25, 0.3) is 0 Å². The van der Waals surface area contributed by atoms with Gasteiger partial charge in [0, 0.05) is 32.6 Å². The number of hydrogen-bond acceptors (Lipinski definition) is 13. The van der Waals surface area contributed by atoms with E-state index in [9.17, 15) is 45.6 Å². The van der Waals surface area contributed by atoms with E-state index in [2.05, 4.69) is 29.6 Å². The van der Waals surface area contributed by atoms with E-state index in [1.807, 2.05) is 0 Å². The lowest BCUT2D eigenvalue weighted by molar-refractivity contribution is -0.130. The largest absolute Gasteiger partial charge is 0.394 e. The second-order valence-corrected chi connectivity index (χ2v) is 13.0. The fraction of sp³-hybridized carbons (Fsp3) is 0.788. The Labute approximate surface area is 277 Å². The maximum absolute atomic E-state index is 12.7. The molecule has 0 unspecified atom stereocenters. The summed E-state index contributed by atoms with van der Waals surface area (Å²) in [5.41, 5.74) is 8.28. The number of carbonyl (C=O) groups excluding carboxylic acids is 1. The summed E-state index contributed by atoms with van der Waals surface area (Å²) in [6.07, 6.45) is -5.81. The molecule has 14 nitrogen and oxygen atoms in total. The van der Waals surface area contributed by atoms with E-state index in [4.69, 9.17) is 15.9 Å². The maximum atomic E-state index is 12.7. The Hall–Kier alpha value is -1.79. The minimum atomic E-state index is -1.88. The molecule has 1 aromatic carbocycles. The molecule has 8 atom stereocenters. The minimum Gasteiger partial charge on any atom is -0.394 e. The van der Waals surface area contributed by atoms with Gasteiger partial charge in [-0.1, -0.05) is 24.3 Å². The normalized spacial score (nSPS) is 22.2. The number of nitrogens with two attached hydrogens (primary N) is 1. The van der Waals surface area contributed by atoms with Gasteiger partial charge in [0.05, 0.1) is 25.4 Å². The minimum absolute atomic E-state index is 0.0213. The van der Waals surface area contributed by atoms with Crippen molar-refractivity contribution < 1.29 is 55.9 Å². The van der Waals surface area contributed by atoms with Gasteiger partial charge < -0.3 is 62.1 Å². The first-order valence-corrected chi connectivity index (χ1v) is 16.9. The van der Waals surface area contributed by atoms with Crippen molar-refractivity contribution in [1.29, 1.82) is 0 Å². The molecular formula is C33H59N3O11. The SMILES string of the molecule is NCCCCc1ccc(C2CCC(CCC(=O)NCCN(C[C@H](O)[C@@H](O)[C@H](O)[C@H](O)CO)C[C@H](O)[C@@H](O)[C@H](O)[C@H](O)CO)CC2)cc1. The van der Waals surface area contributed by atoms with Gasteiger partial charge in [0.1, 0.15) is 36.6 Å². The zero-order chi connectivity index (χ0) is 34.9. The molecule has 1 aromatic rings. The van der Waals surface area contributed by atoms with Crippen LogP contribution in [0.3, 0.4) is 0 Å². The number of benzene rings is 1. The van der Waals surface area contributed by atoms with Crippen LogP contribution in [0, 0.1) is 5.92 Å². The Kier molecular flexibility index (Phi) is 19.4. The van der Waals surface area contributed by atoms with Gasteiger partial charge in [-0.15, -0.1) is 0 Å². The van der Waals surface area contributed by atoms with Crippen LogP contribution >= 0.6 is 0 Å². The van der Waals surface area contributed by atoms with Crippen molar-refractivity contribution >= 4 is 5.91 Å². The van der Waals surface area contributed by atoms with E-state index in [1.165, 1.54) is 16.0 Å². The summed E-state index contributed by atoms with van der Waals surface area (Å²) >= 11 is 0. The summed E-state index contributed by atoms with van der Waals surface area (Å²) in [4.78, 5) is 14.0. The maximum Gasteiger partial charge on any atom is 0.220 e. The summed E-state index contributed by atoms with van der Waals surface area (Å²) in [5, 5.41) is 101. The summed E-state index contributed by atoms with van der Waals surface area (Å²) < 4.78 is 0. The van der Waals surface area contributed by atoms with Gasteiger partial charge in [-0.05, 0) is 80.9 Å². The first-order chi connectivity index (χ1) is 22.4. The molecule has 0 radical (unpaired) electrons. The third-order valence-electron chi connectivity index (χ3n) is 9.29. The van der Waals surface area contributed by atoms with Gasteiger partial charge in [0.15, 0.2) is 0 Å². The lowest BCUT2D eigenvalue weighted by Gasteiger charge is -2.33. The smallest absolute Gasteiger partial charge is 0.220 e. The highest BCUT2D eigenvalue weighted by molar-refractivity contribution is 5.75. The Morgan fingerprint density at radius 3 is 1.77 bits per heavy atom. The predicted molar refractivity (Wildman–Crippen MR) is 174 cm³/mol.